The van der Waals surface area contributed by atoms with Gasteiger partial charge in [0.1, 0.15) is 0 Å². The fourth-order valence-corrected chi connectivity index (χ4v) is 2.23. The van der Waals surface area contributed by atoms with Crippen LogP contribution in [0.5, 0.6) is 0 Å². The summed E-state index contributed by atoms with van der Waals surface area (Å²) in [5, 5.41) is 16.7. The van der Waals surface area contributed by atoms with Crippen molar-refractivity contribution in [3.63, 3.8) is 0 Å². The molecule has 0 saturated carbocycles. The van der Waals surface area contributed by atoms with Gasteiger partial charge in [0, 0.05) is 23.5 Å². The predicted octanol–water partition coefficient (Wildman–Crippen LogP) is -9.27. The Labute approximate surface area is 312 Å². The van der Waals surface area contributed by atoms with Crippen LogP contribution >= 0.6 is 0 Å². The molecule has 2 aromatic rings. The number of nitrogen functional groups attached to an aromatic ring is 2. The number of ether oxygens (including phenoxy) is 2. The number of carbonyl (C=O) groups is 3. The molecular formula is C19H24Cs2N4O9. The Morgan fingerprint density at radius 3 is 1.29 bits per heavy atom. The number of aryl methyl sites for hydroxylation is 2. The summed E-state index contributed by atoms with van der Waals surface area (Å²) in [5.74, 6) is 9.82. The Hall–Kier alpha value is -0.186. The van der Waals surface area contributed by atoms with Crippen LogP contribution in [0.15, 0.2) is 34.1 Å². The van der Waals surface area contributed by atoms with Gasteiger partial charge in [-0.25, -0.2) is 9.35 Å². The average molecular weight is 718 g/mol. The molecule has 0 aliphatic carbocycles. The summed E-state index contributed by atoms with van der Waals surface area (Å²) in [7, 11) is 2.56. The third-order valence-electron chi connectivity index (χ3n) is 4.01. The van der Waals surface area contributed by atoms with E-state index in [4.69, 9.17) is 26.7 Å². The fourth-order valence-electron chi connectivity index (χ4n) is 2.23. The van der Waals surface area contributed by atoms with E-state index in [1.807, 2.05) is 0 Å². The van der Waals surface area contributed by atoms with Crippen LogP contribution in [0, 0.1) is 13.8 Å². The molecular weight excluding hydrogens is 694 g/mol. The smallest absolute Gasteiger partial charge is 0.652 e. The predicted molar refractivity (Wildman–Crippen MR) is 108 cm³/mol. The van der Waals surface area contributed by atoms with Gasteiger partial charge in [0.2, 0.25) is 0 Å². The van der Waals surface area contributed by atoms with E-state index in [9.17, 15) is 19.2 Å². The number of nitrogens with zero attached hydrogens (tertiary/aromatic N) is 2. The molecule has 0 radical (unpaired) electrons. The van der Waals surface area contributed by atoms with Crippen LogP contribution in [0.1, 0.15) is 22.3 Å². The van der Waals surface area contributed by atoms with Gasteiger partial charge in [0.05, 0.1) is 27.1 Å². The van der Waals surface area contributed by atoms with Crippen LogP contribution in [0.25, 0.3) is 0 Å². The first kappa shape index (κ1) is 38.3. The Morgan fingerprint density at radius 2 is 1.06 bits per heavy atom. The Balaban J connectivity index is -0.000000465. The number of aromatic nitrogens is 2. The molecule has 0 aromatic carbocycles. The molecule has 2 rings (SSSR count). The minimum atomic E-state index is -2.33. The molecule has 4 N–H and O–H groups in total. The van der Waals surface area contributed by atoms with E-state index in [0.29, 0.717) is 11.1 Å². The summed E-state index contributed by atoms with van der Waals surface area (Å²) in [5.41, 5.74) is 1.50. The van der Waals surface area contributed by atoms with E-state index in [1.165, 1.54) is 26.6 Å². The molecule has 13 nitrogen and oxygen atoms in total. The van der Waals surface area contributed by atoms with Crippen LogP contribution in [-0.2, 0) is 31.9 Å². The number of pyridine rings is 2. The topological polar surface area (TPSA) is 212 Å². The number of hydrogen-bond donors (Lipinski definition) is 2. The van der Waals surface area contributed by atoms with Gasteiger partial charge in [-0.15, -0.1) is 0 Å². The zero-order valence-electron chi connectivity index (χ0n) is 19.9. The second kappa shape index (κ2) is 19.9. The molecule has 0 bridgehead atoms. The normalized spacial score (nSPS) is 8.82. The first-order valence-electron chi connectivity index (χ1n) is 8.79. The number of esters is 2. The molecule has 0 aliphatic heterocycles. The average Bonchev–Trinajstić information content (AvgIpc) is 2.73. The summed E-state index contributed by atoms with van der Waals surface area (Å²) in [6.07, 6.45) is 0.495. The second-order valence-corrected chi connectivity index (χ2v) is 6.14. The SMILES string of the molecule is COC(=O)Cc1c(C)ccn(N)c1=O.COC(=O)Cc1c(C)ccn(N)c1=O.O=C([O-])[O-].[Cs+].[Cs+]. The van der Waals surface area contributed by atoms with Gasteiger partial charge in [-0.3, -0.25) is 19.2 Å². The first-order chi connectivity index (χ1) is 14.8. The van der Waals surface area contributed by atoms with E-state index in [1.54, 1.807) is 26.0 Å². The van der Waals surface area contributed by atoms with Crippen LogP contribution in [0.4, 0.5) is 4.79 Å². The summed E-state index contributed by atoms with van der Waals surface area (Å²) in [6.45, 7) is 3.50. The van der Waals surface area contributed by atoms with Crippen molar-refractivity contribution in [1.82, 2.24) is 9.35 Å². The zero-order chi connectivity index (χ0) is 25.0. The molecule has 0 saturated heterocycles. The molecule has 0 aliphatic rings. The Kier molecular flexibility index (Phi) is 22.5. The first-order valence-corrected chi connectivity index (χ1v) is 8.79. The van der Waals surface area contributed by atoms with E-state index < -0.39 is 18.1 Å². The van der Waals surface area contributed by atoms with Gasteiger partial charge in [-0.2, -0.15) is 0 Å². The number of hydrogen-bond acceptors (Lipinski definition) is 11. The summed E-state index contributed by atoms with van der Waals surface area (Å²) >= 11 is 0. The number of methoxy groups -OCH3 is 2. The Bertz CT molecular complexity index is 1000. The maximum atomic E-state index is 11.5. The maximum Gasteiger partial charge on any atom is 1.00 e. The van der Waals surface area contributed by atoms with E-state index >= 15 is 0 Å². The third-order valence-corrected chi connectivity index (χ3v) is 4.01. The van der Waals surface area contributed by atoms with Crippen molar-refractivity contribution in [3.8, 4) is 0 Å². The second-order valence-electron chi connectivity index (χ2n) is 6.14. The molecule has 0 fully saturated rings. The van der Waals surface area contributed by atoms with Crippen molar-refractivity contribution in [2.24, 2.45) is 0 Å². The quantitative estimate of drug-likeness (QED) is 0.224. The third kappa shape index (κ3) is 14.4. The number of rotatable bonds is 4. The van der Waals surface area contributed by atoms with Crippen molar-refractivity contribution in [3.05, 3.63) is 67.5 Å². The van der Waals surface area contributed by atoms with Crippen molar-refractivity contribution in [2.45, 2.75) is 26.7 Å². The zero-order valence-corrected chi connectivity index (χ0v) is 32.5. The van der Waals surface area contributed by atoms with E-state index in [-0.39, 0.29) is 162 Å². The molecule has 0 spiro atoms. The molecule has 34 heavy (non-hydrogen) atoms. The van der Waals surface area contributed by atoms with Crippen LogP contribution in [-0.4, -0.2) is 41.7 Å². The Morgan fingerprint density at radius 1 is 0.794 bits per heavy atom. The van der Waals surface area contributed by atoms with Crippen molar-refractivity contribution >= 4 is 18.1 Å². The molecule has 15 heteroatoms. The minimum absolute atomic E-state index is 0. The fraction of sp³-hybridized carbons (Fsp3) is 0.316. The number of carbonyl (C=O) groups excluding carboxylic acids is 3. The van der Waals surface area contributed by atoms with Gasteiger partial charge in [-0.05, 0) is 43.3 Å². The number of carboxylic acid groups (broad SMARTS) is 2. The molecule has 0 unspecified atom stereocenters. The minimum Gasteiger partial charge on any atom is -0.652 e. The molecule has 2 heterocycles. The number of nitrogens with two attached hydrogens (primary N) is 2. The molecule has 0 atom stereocenters. The molecule has 176 valence electrons. The standard InChI is InChI=1S/2C9H12N2O3.CH2O3.2Cs/c2*1-6-3-4-11(10)9(13)7(6)5-8(12)14-2;2-1(3)4;;/h2*3-4H,5,10H2,1-2H3;(H2,2,3,4);;/q;;;2*+1/p-2. The van der Waals surface area contributed by atoms with Gasteiger partial charge in [0.15, 0.2) is 0 Å². The monoisotopic (exact) mass is 718 g/mol. The van der Waals surface area contributed by atoms with Gasteiger partial charge >= 0.3 is 150 Å². The van der Waals surface area contributed by atoms with Crippen molar-refractivity contribution < 1.29 is 172 Å². The van der Waals surface area contributed by atoms with E-state index in [0.717, 1.165) is 20.5 Å². The maximum absolute atomic E-state index is 11.5. The van der Waals surface area contributed by atoms with Crippen molar-refractivity contribution in [2.75, 3.05) is 25.9 Å². The van der Waals surface area contributed by atoms with Crippen molar-refractivity contribution in [1.29, 1.82) is 0 Å². The van der Waals surface area contributed by atoms with Gasteiger partial charge in [-0.1, -0.05) is 0 Å². The van der Waals surface area contributed by atoms with Crippen LogP contribution in [0.3, 0.4) is 0 Å². The summed E-state index contributed by atoms with van der Waals surface area (Å²) < 4.78 is 10.9. The van der Waals surface area contributed by atoms with E-state index in [2.05, 4.69) is 9.47 Å². The van der Waals surface area contributed by atoms with Gasteiger partial charge < -0.3 is 36.2 Å². The summed E-state index contributed by atoms with van der Waals surface area (Å²) in [6, 6.07) is 3.36. The van der Waals surface area contributed by atoms with Gasteiger partial charge in [0.25, 0.3) is 11.1 Å². The van der Waals surface area contributed by atoms with Crippen LogP contribution in [0.2, 0.25) is 0 Å². The molecule has 2 aromatic heterocycles. The van der Waals surface area contributed by atoms with Crippen LogP contribution < -0.4 is 171 Å². The largest absolute Gasteiger partial charge is 1.00 e. The molecule has 0 amide bonds. The summed E-state index contributed by atoms with van der Waals surface area (Å²) in [4.78, 5) is 53.2.